The summed E-state index contributed by atoms with van der Waals surface area (Å²) in [5.74, 6) is -1.05. The zero-order valence-corrected chi connectivity index (χ0v) is 17.9. The Balaban J connectivity index is 1.66. The zero-order chi connectivity index (χ0) is 22.4. The molecule has 1 saturated heterocycles. The zero-order valence-electron chi connectivity index (χ0n) is 17.1. The first-order valence-corrected chi connectivity index (χ1v) is 11.5. The number of carbonyl (C=O) groups excluding carboxylic acids is 2. The van der Waals surface area contributed by atoms with E-state index in [2.05, 4.69) is 5.32 Å². The van der Waals surface area contributed by atoms with Crippen LogP contribution >= 0.6 is 0 Å². The van der Waals surface area contributed by atoms with Gasteiger partial charge in [-0.2, -0.15) is 0 Å². The van der Waals surface area contributed by atoms with Gasteiger partial charge >= 0.3 is 0 Å². The lowest BCUT2D eigenvalue weighted by Gasteiger charge is -2.27. The molecule has 10 heteroatoms. The number of rotatable bonds is 7. The second-order valence-corrected chi connectivity index (χ2v) is 9.03. The number of anilines is 1. The maximum absolute atomic E-state index is 13.0. The van der Waals surface area contributed by atoms with E-state index in [4.69, 9.17) is 4.74 Å². The molecule has 1 N–H and O–H groups in total. The smallest absolute Gasteiger partial charge is 0.254 e. The van der Waals surface area contributed by atoms with E-state index in [1.165, 1.54) is 36.4 Å². The van der Waals surface area contributed by atoms with E-state index < -0.39 is 22.5 Å². The van der Waals surface area contributed by atoms with Crippen molar-refractivity contribution in [3.8, 4) is 0 Å². The summed E-state index contributed by atoms with van der Waals surface area (Å²) in [6.45, 7) is 1.70. The topological polar surface area (TPSA) is 96.0 Å². The molecule has 1 heterocycles. The molecule has 2 aromatic carbocycles. The van der Waals surface area contributed by atoms with Crippen LogP contribution in [-0.2, 0) is 26.1 Å². The minimum atomic E-state index is -3.74. The molecule has 2 aromatic rings. The molecule has 3 rings (SSSR count). The van der Waals surface area contributed by atoms with Crippen LogP contribution in [0.3, 0.4) is 0 Å². The lowest BCUT2D eigenvalue weighted by molar-refractivity contribution is -0.119. The van der Waals surface area contributed by atoms with Gasteiger partial charge in [0, 0.05) is 25.2 Å². The fourth-order valence-corrected chi connectivity index (χ4v) is 3.96. The third-order valence-corrected chi connectivity index (χ3v) is 5.93. The summed E-state index contributed by atoms with van der Waals surface area (Å²) in [7, 11) is -3.74. The summed E-state index contributed by atoms with van der Waals surface area (Å²) >= 11 is 0. The second-order valence-electron chi connectivity index (χ2n) is 7.12. The molecule has 0 saturated carbocycles. The Labute approximate surface area is 180 Å². The minimum absolute atomic E-state index is 0.143. The number of hydrogen-bond acceptors (Lipinski definition) is 5. The molecule has 1 fully saturated rings. The maximum atomic E-state index is 13.0. The monoisotopic (exact) mass is 449 g/mol. The van der Waals surface area contributed by atoms with Crippen molar-refractivity contribution >= 4 is 27.5 Å². The van der Waals surface area contributed by atoms with Gasteiger partial charge in [-0.3, -0.25) is 13.9 Å². The molecule has 0 aliphatic carbocycles. The summed E-state index contributed by atoms with van der Waals surface area (Å²) in [6.07, 6.45) is 1.01. The lowest BCUT2D eigenvalue weighted by Crippen LogP contribution is -2.41. The summed E-state index contributed by atoms with van der Waals surface area (Å²) < 4.78 is 43.7. The van der Waals surface area contributed by atoms with Crippen LogP contribution in [0.1, 0.15) is 15.9 Å². The van der Waals surface area contributed by atoms with Gasteiger partial charge in [0.25, 0.3) is 5.91 Å². The molecule has 0 unspecified atom stereocenters. The fourth-order valence-electron chi connectivity index (χ4n) is 3.11. The molecule has 2 amide bonds. The maximum Gasteiger partial charge on any atom is 0.254 e. The number of sulfonamides is 1. The molecule has 8 nitrogen and oxygen atoms in total. The third kappa shape index (κ3) is 6.25. The average Bonchev–Trinajstić information content (AvgIpc) is 2.76. The Morgan fingerprint density at radius 1 is 1.06 bits per heavy atom. The number of halogens is 1. The van der Waals surface area contributed by atoms with Crippen molar-refractivity contribution in [2.75, 3.05) is 43.4 Å². The molecule has 31 heavy (non-hydrogen) atoms. The Kier molecular flexibility index (Phi) is 7.24. The van der Waals surface area contributed by atoms with Crippen molar-refractivity contribution in [2.45, 2.75) is 6.54 Å². The number of benzene rings is 2. The molecule has 0 aromatic heterocycles. The van der Waals surface area contributed by atoms with Crippen molar-refractivity contribution in [1.29, 1.82) is 0 Å². The van der Waals surface area contributed by atoms with E-state index >= 15 is 0 Å². The van der Waals surface area contributed by atoms with Crippen LogP contribution < -0.4 is 9.62 Å². The lowest BCUT2D eigenvalue weighted by atomic mass is 10.1. The molecule has 0 spiro atoms. The van der Waals surface area contributed by atoms with Gasteiger partial charge in [0.2, 0.25) is 15.9 Å². The number of morpholine rings is 1. The molecule has 0 bridgehead atoms. The van der Waals surface area contributed by atoms with Crippen LogP contribution in [0.4, 0.5) is 10.1 Å². The Bertz CT molecular complexity index is 1020. The van der Waals surface area contributed by atoms with E-state index in [-0.39, 0.29) is 24.0 Å². The van der Waals surface area contributed by atoms with E-state index in [0.29, 0.717) is 37.4 Å². The number of hydrogen-bond donors (Lipinski definition) is 1. The molecular weight excluding hydrogens is 425 g/mol. The van der Waals surface area contributed by atoms with Gasteiger partial charge in [-0.05, 0) is 42.0 Å². The van der Waals surface area contributed by atoms with Gasteiger partial charge in [0.05, 0.1) is 25.2 Å². The van der Waals surface area contributed by atoms with E-state index in [1.807, 2.05) is 0 Å². The highest BCUT2D eigenvalue weighted by Gasteiger charge is 2.22. The minimum Gasteiger partial charge on any atom is -0.378 e. The van der Waals surface area contributed by atoms with Crippen molar-refractivity contribution < 1.29 is 27.1 Å². The van der Waals surface area contributed by atoms with Crippen LogP contribution in [-0.4, -0.2) is 64.2 Å². The molecule has 1 aliphatic heterocycles. The first-order valence-electron chi connectivity index (χ1n) is 9.70. The van der Waals surface area contributed by atoms with Crippen LogP contribution in [0, 0.1) is 5.82 Å². The average molecular weight is 450 g/mol. The van der Waals surface area contributed by atoms with Crippen molar-refractivity contribution in [2.24, 2.45) is 0 Å². The first kappa shape index (κ1) is 22.7. The summed E-state index contributed by atoms with van der Waals surface area (Å²) in [6, 6.07) is 11.7. The summed E-state index contributed by atoms with van der Waals surface area (Å²) in [5, 5.41) is 2.62. The van der Waals surface area contributed by atoms with Crippen molar-refractivity contribution in [1.82, 2.24) is 10.2 Å². The normalized spacial score (nSPS) is 14.2. The van der Waals surface area contributed by atoms with Crippen molar-refractivity contribution in [3.05, 3.63) is 65.5 Å². The van der Waals surface area contributed by atoms with E-state index in [0.717, 1.165) is 10.6 Å². The van der Waals surface area contributed by atoms with Gasteiger partial charge in [-0.15, -0.1) is 0 Å². The molecular formula is C21H24FN3O5S. The third-order valence-electron chi connectivity index (χ3n) is 4.79. The molecule has 0 atom stereocenters. The first-order chi connectivity index (χ1) is 14.7. The summed E-state index contributed by atoms with van der Waals surface area (Å²) in [5.41, 5.74) is 1.39. The SMILES string of the molecule is CS(=O)(=O)N(CC(=O)NCc1ccc(F)cc1)c1ccc(C(=O)N2CCOCC2)cc1. The van der Waals surface area contributed by atoms with Gasteiger partial charge < -0.3 is 15.0 Å². The summed E-state index contributed by atoms with van der Waals surface area (Å²) in [4.78, 5) is 26.6. The molecule has 1 aliphatic rings. The Morgan fingerprint density at radius 2 is 1.68 bits per heavy atom. The van der Waals surface area contributed by atoms with Gasteiger partial charge in [0.1, 0.15) is 12.4 Å². The highest BCUT2D eigenvalue weighted by atomic mass is 32.2. The van der Waals surface area contributed by atoms with Crippen LogP contribution in [0.2, 0.25) is 0 Å². The largest absolute Gasteiger partial charge is 0.378 e. The highest BCUT2D eigenvalue weighted by molar-refractivity contribution is 7.92. The van der Waals surface area contributed by atoms with E-state index in [1.54, 1.807) is 17.0 Å². The predicted molar refractivity (Wildman–Crippen MR) is 114 cm³/mol. The quantitative estimate of drug-likeness (QED) is 0.689. The second kappa shape index (κ2) is 9.88. The number of ether oxygens (including phenoxy) is 1. The number of nitrogens with one attached hydrogen (secondary N) is 1. The fraction of sp³-hybridized carbons (Fsp3) is 0.333. The van der Waals surface area contributed by atoms with E-state index in [9.17, 15) is 22.4 Å². The highest BCUT2D eigenvalue weighted by Crippen LogP contribution is 2.19. The van der Waals surface area contributed by atoms with Gasteiger partial charge in [0.15, 0.2) is 0 Å². The van der Waals surface area contributed by atoms with Crippen LogP contribution in [0.15, 0.2) is 48.5 Å². The number of amides is 2. The number of carbonyl (C=O) groups is 2. The van der Waals surface area contributed by atoms with Crippen molar-refractivity contribution in [3.63, 3.8) is 0 Å². The van der Waals surface area contributed by atoms with Gasteiger partial charge in [-0.25, -0.2) is 12.8 Å². The standard InChI is InChI=1S/C21H24FN3O5S/c1-31(28,29)25(15-20(26)23-14-16-2-6-18(22)7-3-16)19-8-4-17(5-9-19)21(27)24-10-12-30-13-11-24/h2-9H,10-15H2,1H3,(H,23,26). The molecule has 166 valence electrons. The Morgan fingerprint density at radius 3 is 2.26 bits per heavy atom. The van der Waals surface area contributed by atoms with Gasteiger partial charge in [-0.1, -0.05) is 12.1 Å². The van der Waals surface area contributed by atoms with Crippen LogP contribution in [0.25, 0.3) is 0 Å². The molecule has 0 radical (unpaired) electrons. The Hall–Kier alpha value is -2.98. The predicted octanol–water partition coefficient (Wildman–Crippen LogP) is 1.38. The number of nitrogens with zero attached hydrogens (tertiary/aromatic N) is 2. The van der Waals surface area contributed by atoms with Crippen LogP contribution in [0.5, 0.6) is 0 Å².